The Balaban J connectivity index is 1.45. The van der Waals surface area contributed by atoms with E-state index in [1.807, 2.05) is 11.4 Å². The normalized spacial score (nSPS) is 24.1. The van der Waals surface area contributed by atoms with E-state index < -0.39 is 0 Å². The van der Waals surface area contributed by atoms with Gasteiger partial charge in [0.2, 0.25) is 5.91 Å². The van der Waals surface area contributed by atoms with Crippen molar-refractivity contribution in [2.24, 2.45) is 5.92 Å². The van der Waals surface area contributed by atoms with Gasteiger partial charge in [0.25, 0.3) is 5.56 Å². The second-order valence-corrected chi connectivity index (χ2v) is 7.87. The molecule has 1 saturated heterocycles. The van der Waals surface area contributed by atoms with Crippen molar-refractivity contribution < 1.29 is 4.79 Å². The molecule has 0 aromatic carbocycles. The first kappa shape index (κ1) is 15.8. The molecule has 128 valence electrons. The van der Waals surface area contributed by atoms with Gasteiger partial charge in [-0.05, 0) is 43.0 Å². The van der Waals surface area contributed by atoms with Crippen molar-refractivity contribution in [3.05, 3.63) is 28.1 Å². The lowest BCUT2D eigenvalue weighted by molar-refractivity contribution is -0.137. The Bertz CT molecular complexity index is 795. The summed E-state index contributed by atoms with van der Waals surface area (Å²) in [6, 6.07) is 2.25. The van der Waals surface area contributed by atoms with E-state index in [1.54, 1.807) is 10.9 Å². The minimum atomic E-state index is -0.0387. The van der Waals surface area contributed by atoms with Crippen LogP contribution in [0.25, 0.3) is 10.2 Å². The number of hydrogen-bond donors (Lipinski definition) is 0. The van der Waals surface area contributed by atoms with E-state index in [2.05, 4.69) is 9.88 Å². The number of aryl methyl sites for hydroxylation is 1. The maximum absolute atomic E-state index is 12.7. The lowest BCUT2D eigenvalue weighted by Gasteiger charge is -2.44. The zero-order valence-corrected chi connectivity index (χ0v) is 14.6. The van der Waals surface area contributed by atoms with Gasteiger partial charge in [-0.3, -0.25) is 14.2 Å². The third-order valence-corrected chi connectivity index (χ3v) is 6.40. The first-order valence-electron chi connectivity index (χ1n) is 8.96. The zero-order valence-electron chi connectivity index (χ0n) is 13.8. The van der Waals surface area contributed by atoms with Gasteiger partial charge in [0.15, 0.2) is 0 Å². The van der Waals surface area contributed by atoms with Gasteiger partial charge >= 0.3 is 0 Å². The van der Waals surface area contributed by atoms with Gasteiger partial charge in [0, 0.05) is 25.6 Å². The average Bonchev–Trinajstić information content (AvgIpc) is 3.10. The van der Waals surface area contributed by atoms with Crippen molar-refractivity contribution in [2.45, 2.75) is 57.5 Å². The average molecular weight is 345 g/mol. The first-order valence-corrected chi connectivity index (χ1v) is 9.84. The Morgan fingerprint density at radius 3 is 3.00 bits per heavy atom. The molecule has 2 aliphatic rings. The summed E-state index contributed by atoms with van der Waals surface area (Å²) in [7, 11) is 0. The highest BCUT2D eigenvalue weighted by atomic mass is 32.1. The number of rotatable bonds is 3. The van der Waals surface area contributed by atoms with Crippen LogP contribution >= 0.6 is 11.3 Å². The molecule has 1 saturated carbocycles. The van der Waals surface area contributed by atoms with Crippen LogP contribution < -0.4 is 5.56 Å². The Hall–Kier alpha value is -1.69. The van der Waals surface area contributed by atoms with Crippen LogP contribution in [0.3, 0.4) is 0 Å². The SMILES string of the molecule is O=C(CCn1cnc2sccc2c1=O)N1CCC[C@@H]2CCCC[C@H]21. The van der Waals surface area contributed by atoms with E-state index in [0.29, 0.717) is 30.3 Å². The largest absolute Gasteiger partial charge is 0.339 e. The highest BCUT2D eigenvalue weighted by Gasteiger charge is 2.35. The second kappa shape index (κ2) is 6.67. The van der Waals surface area contributed by atoms with Crippen molar-refractivity contribution in [3.8, 4) is 0 Å². The molecule has 2 atom stereocenters. The van der Waals surface area contributed by atoms with Crippen LogP contribution in [0.1, 0.15) is 44.9 Å². The number of carbonyl (C=O) groups is 1. The number of aromatic nitrogens is 2. The lowest BCUT2D eigenvalue weighted by Crippen LogP contribution is -2.49. The number of likely N-dealkylation sites (tertiary alicyclic amines) is 1. The molecular weight excluding hydrogens is 322 g/mol. The van der Waals surface area contributed by atoms with Gasteiger partial charge < -0.3 is 4.90 Å². The second-order valence-electron chi connectivity index (χ2n) is 6.97. The molecule has 1 aliphatic carbocycles. The maximum Gasteiger partial charge on any atom is 0.262 e. The fourth-order valence-corrected chi connectivity index (χ4v) is 5.07. The molecule has 3 heterocycles. The molecule has 4 rings (SSSR count). The molecule has 0 radical (unpaired) electrons. The van der Waals surface area contributed by atoms with Crippen molar-refractivity contribution in [1.29, 1.82) is 0 Å². The molecule has 2 aromatic heterocycles. The third kappa shape index (κ3) is 2.88. The molecule has 2 aromatic rings. The van der Waals surface area contributed by atoms with Gasteiger partial charge in [-0.2, -0.15) is 0 Å². The van der Waals surface area contributed by atoms with Gasteiger partial charge in [-0.1, -0.05) is 12.8 Å². The highest BCUT2D eigenvalue weighted by Crippen LogP contribution is 2.35. The molecule has 2 fully saturated rings. The number of thiophene rings is 1. The van der Waals surface area contributed by atoms with Gasteiger partial charge in [-0.15, -0.1) is 11.3 Å². The van der Waals surface area contributed by atoms with Gasteiger partial charge in [0.05, 0.1) is 11.7 Å². The van der Waals surface area contributed by atoms with Crippen molar-refractivity contribution >= 4 is 27.5 Å². The molecule has 0 bridgehead atoms. The summed E-state index contributed by atoms with van der Waals surface area (Å²) >= 11 is 1.47. The Morgan fingerprint density at radius 2 is 2.08 bits per heavy atom. The molecule has 0 N–H and O–H groups in total. The molecule has 0 unspecified atom stereocenters. The predicted octanol–water partition coefficient (Wildman–Crippen LogP) is 3.03. The van der Waals surface area contributed by atoms with Crippen LogP contribution in [0.4, 0.5) is 0 Å². The number of fused-ring (bicyclic) bond motifs is 2. The molecule has 0 spiro atoms. The van der Waals surface area contributed by atoms with Crippen LogP contribution in [0.15, 0.2) is 22.6 Å². The summed E-state index contributed by atoms with van der Waals surface area (Å²) in [5.41, 5.74) is -0.0387. The molecule has 1 aliphatic heterocycles. The summed E-state index contributed by atoms with van der Waals surface area (Å²) in [6.07, 6.45) is 9.33. The fraction of sp³-hybridized carbons (Fsp3) is 0.611. The van der Waals surface area contributed by atoms with Crippen LogP contribution in [0.5, 0.6) is 0 Å². The molecule has 24 heavy (non-hydrogen) atoms. The lowest BCUT2D eigenvalue weighted by atomic mass is 9.78. The highest BCUT2D eigenvalue weighted by molar-refractivity contribution is 7.16. The van der Waals surface area contributed by atoms with E-state index in [1.165, 1.54) is 37.0 Å². The van der Waals surface area contributed by atoms with Gasteiger partial charge in [0.1, 0.15) is 4.83 Å². The number of hydrogen-bond acceptors (Lipinski definition) is 4. The number of amides is 1. The zero-order chi connectivity index (χ0) is 16.5. The van der Waals surface area contributed by atoms with E-state index in [9.17, 15) is 9.59 Å². The van der Waals surface area contributed by atoms with E-state index in [-0.39, 0.29) is 11.5 Å². The standard InChI is InChI=1S/C18H23N3O2S/c22-16(21-9-3-5-13-4-1-2-6-15(13)21)7-10-20-12-19-17-14(18(20)23)8-11-24-17/h8,11-13,15H,1-7,9-10H2/t13-,15+/m0/s1. The summed E-state index contributed by atoms with van der Waals surface area (Å²) in [6.45, 7) is 1.31. The fourth-order valence-electron chi connectivity index (χ4n) is 4.35. The van der Waals surface area contributed by atoms with E-state index in [0.717, 1.165) is 24.2 Å². The molecule has 1 amide bonds. The molecule has 5 nitrogen and oxygen atoms in total. The first-order chi connectivity index (χ1) is 11.7. The third-order valence-electron chi connectivity index (χ3n) is 5.58. The topological polar surface area (TPSA) is 55.2 Å². The summed E-state index contributed by atoms with van der Waals surface area (Å²) < 4.78 is 1.58. The Labute approximate surface area is 145 Å². The minimum Gasteiger partial charge on any atom is -0.339 e. The van der Waals surface area contributed by atoms with E-state index >= 15 is 0 Å². The molecular formula is C18H23N3O2S. The van der Waals surface area contributed by atoms with E-state index in [4.69, 9.17) is 0 Å². The predicted molar refractivity (Wildman–Crippen MR) is 95.2 cm³/mol. The smallest absolute Gasteiger partial charge is 0.262 e. The van der Waals surface area contributed by atoms with Crippen LogP contribution in [0, 0.1) is 5.92 Å². The molecule has 6 heteroatoms. The minimum absolute atomic E-state index is 0.0387. The maximum atomic E-state index is 12.7. The van der Waals surface area contributed by atoms with Crippen molar-refractivity contribution in [1.82, 2.24) is 14.5 Å². The van der Waals surface area contributed by atoms with Crippen LogP contribution in [-0.4, -0.2) is 32.9 Å². The monoisotopic (exact) mass is 345 g/mol. The van der Waals surface area contributed by atoms with Crippen LogP contribution in [0.2, 0.25) is 0 Å². The van der Waals surface area contributed by atoms with Crippen molar-refractivity contribution in [2.75, 3.05) is 6.54 Å². The van der Waals surface area contributed by atoms with Crippen molar-refractivity contribution in [3.63, 3.8) is 0 Å². The van der Waals surface area contributed by atoms with Crippen LogP contribution in [-0.2, 0) is 11.3 Å². The van der Waals surface area contributed by atoms with Gasteiger partial charge in [-0.25, -0.2) is 4.98 Å². The quantitative estimate of drug-likeness (QED) is 0.859. The number of nitrogens with zero attached hydrogens (tertiary/aromatic N) is 3. The summed E-state index contributed by atoms with van der Waals surface area (Å²) in [5.74, 6) is 0.895. The summed E-state index contributed by atoms with van der Waals surface area (Å²) in [4.78, 5) is 32.3. The number of piperidine rings is 1. The summed E-state index contributed by atoms with van der Waals surface area (Å²) in [5, 5.41) is 2.53. The Kier molecular flexibility index (Phi) is 4.39. The number of carbonyl (C=O) groups excluding carboxylic acids is 1. The Morgan fingerprint density at radius 1 is 1.25 bits per heavy atom.